The summed E-state index contributed by atoms with van der Waals surface area (Å²) in [5.74, 6) is 0.268. The Labute approximate surface area is 254 Å². The number of amides is 3. The van der Waals surface area contributed by atoms with Crippen LogP contribution < -0.4 is 14.8 Å². The number of hydrogen-bond donors (Lipinski definition) is 1. The van der Waals surface area contributed by atoms with Crippen molar-refractivity contribution in [3.8, 4) is 11.5 Å². The number of likely N-dealkylation sites (tertiary alicyclic amines) is 1. The number of rotatable bonds is 3. The fourth-order valence-electron chi connectivity index (χ4n) is 6.09. The first-order valence-corrected chi connectivity index (χ1v) is 14.8. The quantitative estimate of drug-likeness (QED) is 0.380. The van der Waals surface area contributed by atoms with Crippen LogP contribution in [0.25, 0.3) is 11.0 Å². The first-order chi connectivity index (χ1) is 21.2. The maximum atomic E-state index is 13.7. The third-order valence-corrected chi connectivity index (χ3v) is 8.40. The molecule has 2 aliphatic heterocycles. The molecular formula is C32H36N6O6. The third kappa shape index (κ3) is 5.59. The molecule has 0 radical (unpaired) electrons. The Kier molecular flexibility index (Phi) is 7.98. The summed E-state index contributed by atoms with van der Waals surface area (Å²) >= 11 is 0. The molecule has 0 spiro atoms. The molecule has 0 saturated carbocycles. The molecule has 12 nitrogen and oxygen atoms in total. The Morgan fingerprint density at radius 2 is 1.82 bits per heavy atom. The van der Waals surface area contributed by atoms with Crippen LogP contribution in [0, 0.1) is 19.8 Å². The summed E-state index contributed by atoms with van der Waals surface area (Å²) in [7, 11) is 3.45. The summed E-state index contributed by atoms with van der Waals surface area (Å²) in [5, 5.41) is 4.01. The molecule has 2 bridgehead atoms. The first kappa shape index (κ1) is 29.2. The fourth-order valence-corrected chi connectivity index (χ4v) is 6.09. The molecular weight excluding hydrogens is 564 g/mol. The first-order valence-electron chi connectivity index (χ1n) is 14.8. The van der Waals surface area contributed by atoms with Crippen LogP contribution in [-0.2, 0) is 11.8 Å². The summed E-state index contributed by atoms with van der Waals surface area (Å²) in [4.78, 5) is 52.9. The van der Waals surface area contributed by atoms with Gasteiger partial charge in [-0.15, -0.1) is 0 Å². The molecule has 6 rings (SSSR count). The molecule has 3 amide bonds. The van der Waals surface area contributed by atoms with Crippen LogP contribution in [0.15, 0.2) is 47.0 Å². The van der Waals surface area contributed by atoms with Crippen molar-refractivity contribution in [2.24, 2.45) is 13.0 Å². The molecule has 5 heterocycles. The van der Waals surface area contributed by atoms with E-state index < -0.39 is 5.92 Å². The summed E-state index contributed by atoms with van der Waals surface area (Å²) in [5.41, 5.74) is 2.45. The van der Waals surface area contributed by atoms with Gasteiger partial charge >= 0.3 is 0 Å². The molecule has 1 fully saturated rings. The SMILES string of the molecule is COc1ccc2cc1OCCN(C(=O)c1oc(C)nc1C)CCCNC(=O)[C@H]1CN(C(=O)c3ccc4ccn(C)c4n3)C[C@H]21. The molecule has 230 valence electrons. The molecule has 3 aromatic heterocycles. The Bertz CT molecular complexity index is 1730. The van der Waals surface area contributed by atoms with Crippen molar-refractivity contribution in [2.75, 3.05) is 46.4 Å². The number of methoxy groups -OCH3 is 1. The van der Waals surface area contributed by atoms with Gasteiger partial charge in [-0.1, -0.05) is 6.07 Å². The van der Waals surface area contributed by atoms with Crippen molar-refractivity contribution in [1.29, 1.82) is 0 Å². The van der Waals surface area contributed by atoms with E-state index in [0.717, 1.165) is 16.6 Å². The number of aromatic nitrogens is 3. The number of nitrogens with zero attached hydrogens (tertiary/aromatic N) is 5. The average Bonchev–Trinajstić information content (AvgIpc) is 3.73. The molecule has 2 aliphatic rings. The van der Waals surface area contributed by atoms with E-state index in [0.29, 0.717) is 61.4 Å². The summed E-state index contributed by atoms with van der Waals surface area (Å²) in [6, 6.07) is 11.2. The predicted molar refractivity (Wildman–Crippen MR) is 161 cm³/mol. The van der Waals surface area contributed by atoms with Gasteiger partial charge in [-0.2, -0.15) is 0 Å². The highest BCUT2D eigenvalue weighted by molar-refractivity contribution is 5.95. The summed E-state index contributed by atoms with van der Waals surface area (Å²) < 4.78 is 19.2. The maximum Gasteiger partial charge on any atom is 0.291 e. The highest BCUT2D eigenvalue weighted by Gasteiger charge is 2.41. The molecule has 1 saturated heterocycles. The van der Waals surface area contributed by atoms with Gasteiger partial charge in [0.05, 0.1) is 25.3 Å². The zero-order chi connectivity index (χ0) is 31.0. The fraction of sp³-hybridized carbons (Fsp3) is 0.406. The molecule has 12 heteroatoms. The Morgan fingerprint density at radius 3 is 2.59 bits per heavy atom. The number of pyridine rings is 1. The lowest BCUT2D eigenvalue weighted by atomic mass is 9.88. The van der Waals surface area contributed by atoms with Crippen LogP contribution in [0.1, 0.15) is 50.5 Å². The van der Waals surface area contributed by atoms with Crippen LogP contribution >= 0.6 is 0 Å². The predicted octanol–water partition coefficient (Wildman–Crippen LogP) is 3.08. The number of aryl methyl sites for hydroxylation is 3. The second-order valence-electron chi connectivity index (χ2n) is 11.3. The zero-order valence-corrected chi connectivity index (χ0v) is 25.3. The number of fused-ring (bicyclic) bond motifs is 5. The number of benzene rings is 1. The van der Waals surface area contributed by atoms with E-state index in [1.54, 1.807) is 36.8 Å². The van der Waals surface area contributed by atoms with E-state index >= 15 is 0 Å². The highest BCUT2D eigenvalue weighted by atomic mass is 16.5. The van der Waals surface area contributed by atoms with Crippen molar-refractivity contribution in [1.82, 2.24) is 29.7 Å². The van der Waals surface area contributed by atoms with Gasteiger partial charge in [-0.25, -0.2) is 9.97 Å². The second kappa shape index (κ2) is 12.0. The van der Waals surface area contributed by atoms with Crippen LogP contribution in [0.5, 0.6) is 11.5 Å². The van der Waals surface area contributed by atoms with Crippen LogP contribution in [0.2, 0.25) is 0 Å². The van der Waals surface area contributed by atoms with E-state index in [1.807, 2.05) is 48.1 Å². The minimum absolute atomic E-state index is 0.147. The highest BCUT2D eigenvalue weighted by Crippen LogP contribution is 2.38. The number of nitrogens with one attached hydrogen (secondary N) is 1. The van der Waals surface area contributed by atoms with E-state index in [4.69, 9.17) is 13.9 Å². The standard InChI is InChI=1S/C32H36N6O6/c1-19-28(44-20(2)34-19)32(41)37-12-5-11-33-30(39)24-18-38(31(40)25-8-6-21-10-13-36(3)29(21)35-25)17-23(24)22-7-9-26(42-4)27(16-22)43-15-14-37/h6-10,13,16,23-24H,5,11-12,14-15,17-18H2,1-4H3,(H,33,39)/t23-,24+/m1/s1. The molecule has 1 N–H and O–H groups in total. The lowest BCUT2D eigenvalue weighted by Gasteiger charge is -2.24. The summed E-state index contributed by atoms with van der Waals surface area (Å²) in [6.07, 6.45) is 2.43. The van der Waals surface area contributed by atoms with Crippen LogP contribution in [0.4, 0.5) is 0 Å². The van der Waals surface area contributed by atoms with Crippen molar-refractivity contribution in [2.45, 2.75) is 26.2 Å². The Morgan fingerprint density at radius 1 is 1.00 bits per heavy atom. The smallest absolute Gasteiger partial charge is 0.291 e. The van der Waals surface area contributed by atoms with E-state index in [2.05, 4.69) is 15.3 Å². The molecule has 0 aliphatic carbocycles. The van der Waals surface area contributed by atoms with Crippen molar-refractivity contribution in [3.05, 3.63) is 71.2 Å². The van der Waals surface area contributed by atoms with Gasteiger partial charge in [0.1, 0.15) is 17.9 Å². The molecule has 1 aromatic carbocycles. The summed E-state index contributed by atoms with van der Waals surface area (Å²) in [6.45, 7) is 5.31. The lowest BCUT2D eigenvalue weighted by Crippen LogP contribution is -2.39. The van der Waals surface area contributed by atoms with Gasteiger partial charge in [-0.05, 0) is 49.2 Å². The van der Waals surface area contributed by atoms with E-state index in [9.17, 15) is 14.4 Å². The normalized spacial score (nSPS) is 19.2. The van der Waals surface area contributed by atoms with Crippen LogP contribution in [-0.4, -0.2) is 88.5 Å². The van der Waals surface area contributed by atoms with Crippen molar-refractivity contribution < 1.29 is 28.3 Å². The minimum Gasteiger partial charge on any atom is -0.493 e. The van der Waals surface area contributed by atoms with Gasteiger partial charge < -0.3 is 33.6 Å². The van der Waals surface area contributed by atoms with Gasteiger partial charge in [0.25, 0.3) is 11.8 Å². The number of ether oxygens (including phenoxy) is 2. The lowest BCUT2D eigenvalue weighted by molar-refractivity contribution is -0.124. The molecule has 4 aromatic rings. The van der Waals surface area contributed by atoms with Crippen LogP contribution in [0.3, 0.4) is 0 Å². The number of carbonyl (C=O) groups is 3. The molecule has 0 unspecified atom stereocenters. The average molecular weight is 601 g/mol. The minimum atomic E-state index is -0.487. The maximum absolute atomic E-state index is 13.7. The third-order valence-electron chi connectivity index (χ3n) is 8.40. The number of oxazole rings is 1. The monoisotopic (exact) mass is 600 g/mol. The van der Waals surface area contributed by atoms with Crippen molar-refractivity contribution in [3.63, 3.8) is 0 Å². The topological polar surface area (TPSA) is 132 Å². The largest absolute Gasteiger partial charge is 0.493 e. The number of hydrogen-bond acceptors (Lipinski definition) is 8. The zero-order valence-electron chi connectivity index (χ0n) is 25.3. The molecule has 2 atom stereocenters. The van der Waals surface area contributed by atoms with E-state index in [1.165, 1.54) is 0 Å². The molecule has 44 heavy (non-hydrogen) atoms. The van der Waals surface area contributed by atoms with Gasteiger partial charge in [-0.3, -0.25) is 14.4 Å². The van der Waals surface area contributed by atoms with Gasteiger partial charge in [0.2, 0.25) is 11.7 Å². The van der Waals surface area contributed by atoms with Gasteiger partial charge in [0.15, 0.2) is 17.4 Å². The van der Waals surface area contributed by atoms with Gasteiger partial charge in [0, 0.05) is 57.7 Å². The van der Waals surface area contributed by atoms with E-state index in [-0.39, 0.29) is 42.6 Å². The number of carbonyl (C=O) groups excluding carboxylic acids is 3. The Hall–Kier alpha value is -4.87. The van der Waals surface area contributed by atoms with Crippen molar-refractivity contribution >= 4 is 28.8 Å². The second-order valence-corrected chi connectivity index (χ2v) is 11.3. The Balaban J connectivity index is 1.27.